The lowest BCUT2D eigenvalue weighted by atomic mass is 9.95. The maximum Gasteiger partial charge on any atom is 0.338 e. The third kappa shape index (κ3) is 13.8. The first kappa shape index (κ1) is 68.5. The molecule has 15 aliphatic rings. The van der Waals surface area contributed by atoms with Crippen molar-refractivity contribution in [3.63, 3.8) is 0 Å². The molecule has 0 spiro atoms. The Morgan fingerprint density at radius 3 is 0.736 bits per heavy atom. The Hall–Kier alpha value is -2.87. The fourth-order valence-electron chi connectivity index (χ4n) is 11.4. The molecule has 0 radical (unpaired) electrons. The highest BCUT2D eigenvalue weighted by molar-refractivity contribution is 5.89. The van der Waals surface area contributed by atoms with E-state index in [4.69, 9.17) is 75.8 Å². The number of hydrogen-bond donors (Lipinski definition) is 20. The third-order valence-electron chi connectivity index (χ3n) is 16.3. The van der Waals surface area contributed by atoms with Gasteiger partial charge >= 0.3 is 5.97 Å². The Kier molecular flexibility index (Phi) is 23.1. The average molecular weight is 1270 g/mol. The third-order valence-corrected chi connectivity index (χ3v) is 16.3. The van der Waals surface area contributed by atoms with Crippen molar-refractivity contribution in [2.45, 2.75) is 215 Å². The summed E-state index contributed by atoms with van der Waals surface area (Å²) in [5, 5.41) is 223. The summed E-state index contributed by atoms with van der Waals surface area (Å²) in [7, 11) is 1.35. The number of aliphatic hydroxyl groups is 20. The quantitative estimate of drug-likeness (QED) is 0.0967. The van der Waals surface area contributed by atoms with Gasteiger partial charge in [0.05, 0.1) is 58.9 Å². The summed E-state index contributed by atoms with van der Waals surface area (Å²) in [5.74, 6) is -0.882. The first-order chi connectivity index (χ1) is 41.6. The summed E-state index contributed by atoms with van der Waals surface area (Å²) in [6, 6.07) is 5.26. The molecule has 498 valence electrons. The van der Waals surface area contributed by atoms with Crippen LogP contribution in [0, 0.1) is 0 Å². The number of hydrogen-bond acceptors (Lipinski definition) is 37. The predicted molar refractivity (Wildman–Crippen MR) is 265 cm³/mol. The van der Waals surface area contributed by atoms with Crippen molar-refractivity contribution in [1.29, 1.82) is 0 Å². The number of carbonyl (C=O) groups excluding carboxylic acids is 1. The molecule has 87 heavy (non-hydrogen) atoms. The minimum atomic E-state index is -2.28. The van der Waals surface area contributed by atoms with E-state index in [0.717, 1.165) is 0 Å². The first-order valence-electron chi connectivity index (χ1n) is 27.7. The molecule has 0 aliphatic carbocycles. The van der Waals surface area contributed by atoms with Gasteiger partial charge in [0.1, 0.15) is 171 Å². The lowest BCUT2D eigenvalue weighted by molar-refractivity contribution is -0.396. The van der Waals surface area contributed by atoms with Crippen LogP contribution in [0.1, 0.15) is 10.4 Å². The van der Waals surface area contributed by atoms with Gasteiger partial charge in [0.2, 0.25) is 0 Å². The zero-order chi connectivity index (χ0) is 63.0. The van der Waals surface area contributed by atoms with Crippen LogP contribution < -0.4 is 4.74 Å². The molecule has 16 rings (SSSR count). The molecule has 15 fully saturated rings. The zero-order valence-electron chi connectivity index (χ0n) is 45.9. The van der Waals surface area contributed by atoms with E-state index in [1.54, 1.807) is 0 Å². The second-order valence-electron chi connectivity index (χ2n) is 21.8. The normalized spacial score (nSPS) is 50.2. The Morgan fingerprint density at radius 2 is 0.517 bits per heavy atom. The van der Waals surface area contributed by atoms with E-state index in [1.807, 2.05) is 0 Å². The summed E-state index contributed by atoms with van der Waals surface area (Å²) < 4.78 is 91.9. The van der Waals surface area contributed by atoms with Crippen LogP contribution in [0.5, 0.6) is 5.75 Å². The van der Waals surface area contributed by atoms with E-state index in [2.05, 4.69) is 0 Å². The van der Waals surface area contributed by atoms with Crippen LogP contribution >= 0.6 is 0 Å². The molecule has 14 bridgehead atoms. The SMILES string of the molecule is COc1ccc(C(=O)O[C@H]2[C@H]3O[C@H]4[C@H](O)[C@@H](O)[C@@H](O[C@H]5[C@H](O)[C@@H](O)[C@@H](O[C@H]6[C@H](O)[C@@H](O)[C@@H](O[C@H]7[C@H](O)[C@@H](O)[C@@H](O[C@H]8[C@H](O)[C@@H](O)[C@@H](O[C@H]9[C@H](O)[C@@H](O)[C@@H](O[C@@H]([C@@H]2O)[C@@H](CO)O3)O[C@@H]9CO)O[C@@H]8CO)O[C@@H]7CO)O[C@@H]6CO)O[C@@H]5CO)O[C@@H]4CO)cc1. The van der Waals surface area contributed by atoms with Crippen LogP contribution in [-0.2, 0) is 71.1 Å². The van der Waals surface area contributed by atoms with Gasteiger partial charge in [-0.3, -0.25) is 0 Å². The molecule has 0 amide bonds. The highest BCUT2D eigenvalue weighted by Crippen LogP contribution is 2.39. The van der Waals surface area contributed by atoms with Gasteiger partial charge in [-0.1, -0.05) is 0 Å². The van der Waals surface area contributed by atoms with Gasteiger partial charge in [-0.15, -0.1) is 0 Å². The highest BCUT2D eigenvalue weighted by Gasteiger charge is 2.60. The molecule has 15 heterocycles. The van der Waals surface area contributed by atoms with Crippen LogP contribution in [0.15, 0.2) is 24.3 Å². The molecule has 1 aromatic carbocycles. The van der Waals surface area contributed by atoms with Crippen molar-refractivity contribution in [3.8, 4) is 5.75 Å². The Bertz CT molecular complexity index is 2300. The van der Waals surface area contributed by atoms with Crippen molar-refractivity contribution in [1.82, 2.24) is 0 Å². The van der Waals surface area contributed by atoms with Crippen molar-refractivity contribution in [2.75, 3.05) is 53.4 Å². The topological polar surface area (TPSA) is 569 Å². The van der Waals surface area contributed by atoms with E-state index >= 15 is 0 Å². The minimum absolute atomic E-state index is 0.168. The lowest BCUT2D eigenvalue weighted by Gasteiger charge is -2.50. The first-order valence-corrected chi connectivity index (χ1v) is 27.7. The number of methoxy groups -OCH3 is 1. The number of benzene rings is 1. The Balaban J connectivity index is 1.03. The summed E-state index contributed by atoms with van der Waals surface area (Å²) in [6.07, 6.45) is -71.8. The molecule has 37 heteroatoms. The minimum Gasteiger partial charge on any atom is -0.497 e. The Labute approximate surface area is 491 Å². The molecule has 20 N–H and O–H groups in total. The van der Waals surface area contributed by atoms with Gasteiger partial charge in [0.25, 0.3) is 0 Å². The molecule has 35 atom stereocenters. The summed E-state index contributed by atoms with van der Waals surface area (Å²) in [6.45, 7) is -7.57. The van der Waals surface area contributed by atoms with E-state index in [9.17, 15) is 107 Å². The number of esters is 1. The van der Waals surface area contributed by atoms with Crippen LogP contribution in [0.2, 0.25) is 0 Å². The predicted octanol–water partition coefficient (Wildman–Crippen LogP) is -13.4. The van der Waals surface area contributed by atoms with E-state index in [1.165, 1.54) is 31.4 Å². The van der Waals surface area contributed by atoms with Gasteiger partial charge in [-0.25, -0.2) is 4.79 Å². The van der Waals surface area contributed by atoms with Gasteiger partial charge < -0.3 is 178 Å². The average Bonchev–Trinajstić information content (AvgIpc) is 3.28. The molecule has 0 unspecified atom stereocenters. The van der Waals surface area contributed by atoms with Crippen molar-refractivity contribution in [3.05, 3.63) is 29.8 Å². The van der Waals surface area contributed by atoms with E-state index in [0.29, 0.717) is 5.75 Å². The fourth-order valence-corrected chi connectivity index (χ4v) is 11.4. The van der Waals surface area contributed by atoms with E-state index in [-0.39, 0.29) is 5.56 Å². The smallest absolute Gasteiger partial charge is 0.338 e. The summed E-state index contributed by atoms with van der Waals surface area (Å²) in [5.41, 5.74) is -0.168. The highest BCUT2D eigenvalue weighted by atomic mass is 16.8. The van der Waals surface area contributed by atoms with Gasteiger partial charge in [-0.2, -0.15) is 0 Å². The summed E-state index contributed by atoms with van der Waals surface area (Å²) >= 11 is 0. The number of carbonyl (C=O) groups is 1. The summed E-state index contributed by atoms with van der Waals surface area (Å²) in [4.78, 5) is 13.8. The maximum absolute atomic E-state index is 13.8. The number of fused-ring (bicyclic) bond motifs is 7. The molecule has 15 saturated heterocycles. The van der Waals surface area contributed by atoms with Crippen molar-refractivity contribution >= 4 is 5.97 Å². The van der Waals surface area contributed by atoms with Gasteiger partial charge in [-0.05, 0) is 24.3 Å². The molecular weight excluding hydrogens is 1190 g/mol. The molecule has 37 nitrogen and oxygen atoms in total. The van der Waals surface area contributed by atoms with Crippen LogP contribution in [-0.4, -0.2) is 376 Å². The standard InChI is InChI=1S/C50H76O37/c1-72-14-4-2-13(3-5-14)43(71)80-42-34(70)41-21(12-57)79-50(42)87-40-20(11-56)78-48(33(69)27(40)63)85-38-18(9-54)76-46(31(67)25(38)61)83-36-16(7-52)74-44(29(65)23(36)59)81-35-15(6-51)73-45(28(64)22(35)58)82-37-17(8-53)75-47(30(66)24(37)60)84-39-19(10-55)77-49(86-41)32(68)26(39)62/h2-5,15-42,44-70H,6-12H2,1H3/t15-,16-,17-,18-,19-,20-,21-,22-,23-,24-,25-,26-,27-,28-,29-,30-,31-,32-,33-,34+,35-,36-,37-,38-,39-,40-,41-,42-,44-,45-,46-,47-,48-,49-,50-/m1/s1. The number of ether oxygens (including phenoxy) is 16. The van der Waals surface area contributed by atoms with Gasteiger partial charge in [0, 0.05) is 0 Å². The van der Waals surface area contributed by atoms with Crippen LogP contribution in [0.25, 0.3) is 0 Å². The second-order valence-corrected chi connectivity index (χ2v) is 21.8. The largest absolute Gasteiger partial charge is 0.497 e. The van der Waals surface area contributed by atoms with E-state index < -0.39 is 267 Å². The monoisotopic (exact) mass is 1270 g/mol. The second kappa shape index (κ2) is 29.4. The lowest BCUT2D eigenvalue weighted by Crippen LogP contribution is -2.68. The van der Waals surface area contributed by atoms with Gasteiger partial charge in [0.15, 0.2) is 50.1 Å². The Morgan fingerprint density at radius 1 is 0.310 bits per heavy atom. The van der Waals surface area contributed by atoms with Crippen LogP contribution in [0.3, 0.4) is 0 Å². The molecule has 0 aromatic heterocycles. The van der Waals surface area contributed by atoms with Crippen molar-refractivity contribution in [2.24, 2.45) is 0 Å². The number of rotatable bonds is 10. The fraction of sp³-hybridized carbons (Fsp3) is 0.860. The van der Waals surface area contributed by atoms with Crippen LogP contribution in [0.4, 0.5) is 0 Å². The molecule has 15 aliphatic heterocycles. The maximum atomic E-state index is 13.8. The molecule has 1 aromatic rings. The van der Waals surface area contributed by atoms with Crippen molar-refractivity contribution < 1.29 is 183 Å². The molecule has 0 saturated carbocycles. The zero-order valence-corrected chi connectivity index (χ0v) is 45.9. The molecular formula is C50H76O37. The number of aliphatic hydroxyl groups excluding tert-OH is 20.